The quantitative estimate of drug-likeness (QED) is 0.391. The summed E-state index contributed by atoms with van der Waals surface area (Å²) < 4.78 is 26.2. The number of aromatic nitrogens is 5. The molecular weight excluding hydrogens is 517 g/mol. The highest BCUT2D eigenvalue weighted by Gasteiger charge is 2.69. The summed E-state index contributed by atoms with van der Waals surface area (Å²) >= 11 is 1.26. The van der Waals surface area contributed by atoms with Crippen molar-refractivity contribution in [1.29, 1.82) is 0 Å². The Morgan fingerprint density at radius 1 is 1.15 bits per heavy atom. The SMILES string of the molecule is Cc1c(SNC(=O)c2ccc(-n3ccc(OCC45CC(F)(C4)C5)n3)nc2N2CC(C)(C)CC2(C)C)cnn1C. The van der Waals surface area contributed by atoms with Crippen LogP contribution in [-0.2, 0) is 7.05 Å². The van der Waals surface area contributed by atoms with Crippen molar-refractivity contribution in [2.75, 3.05) is 18.1 Å². The molecule has 1 aliphatic heterocycles. The zero-order chi connectivity index (χ0) is 27.8. The van der Waals surface area contributed by atoms with E-state index < -0.39 is 5.67 Å². The van der Waals surface area contributed by atoms with Crippen molar-refractivity contribution >= 4 is 23.7 Å². The van der Waals surface area contributed by atoms with E-state index in [0.29, 0.717) is 48.9 Å². The molecule has 1 amide bonds. The standard InChI is InChI=1S/C28H36FN7O2S/c1-18-20(11-30-34(18)6)39-33-24(37)19-7-8-21(31-23(19)35-16-25(2,3)12-26(35,4)5)36-10-9-22(32-36)38-17-27-13-28(29,14-27)15-27/h7-11H,12-17H2,1-6H3,(H,33,37). The first-order chi connectivity index (χ1) is 18.3. The minimum atomic E-state index is -0.940. The van der Waals surface area contributed by atoms with Gasteiger partial charge >= 0.3 is 0 Å². The third kappa shape index (κ3) is 4.68. The third-order valence-corrected chi connectivity index (χ3v) is 9.34. The number of hydrogen-bond acceptors (Lipinski definition) is 7. The van der Waals surface area contributed by atoms with Crippen molar-refractivity contribution in [1.82, 2.24) is 29.3 Å². The number of alkyl halides is 1. The molecule has 7 rings (SSSR count). The summed E-state index contributed by atoms with van der Waals surface area (Å²) in [7, 11) is 1.87. The van der Waals surface area contributed by atoms with Crippen LogP contribution in [0.4, 0.5) is 10.2 Å². The lowest BCUT2D eigenvalue weighted by molar-refractivity contribution is -0.226. The number of nitrogens with zero attached hydrogens (tertiary/aromatic N) is 6. The predicted molar refractivity (Wildman–Crippen MR) is 148 cm³/mol. The number of hydrogen-bond donors (Lipinski definition) is 1. The number of ether oxygens (including phenoxy) is 1. The Bertz CT molecular complexity index is 1430. The number of anilines is 1. The van der Waals surface area contributed by atoms with Crippen LogP contribution in [0.15, 0.2) is 35.5 Å². The average Bonchev–Trinajstić information content (AvgIpc) is 3.49. The highest BCUT2D eigenvalue weighted by molar-refractivity contribution is 7.98. The number of halogens is 1. The fourth-order valence-corrected chi connectivity index (χ4v) is 7.46. The van der Waals surface area contributed by atoms with Crippen LogP contribution in [0, 0.1) is 17.8 Å². The second kappa shape index (κ2) is 8.71. The summed E-state index contributed by atoms with van der Waals surface area (Å²) in [5.41, 5.74) is 0.413. The van der Waals surface area contributed by atoms with Crippen LogP contribution >= 0.6 is 11.9 Å². The lowest BCUT2D eigenvalue weighted by Gasteiger charge is -2.65. The smallest absolute Gasteiger partial charge is 0.265 e. The second-order valence-electron chi connectivity index (χ2n) is 13.1. The fourth-order valence-electron chi connectivity index (χ4n) is 6.76. The molecule has 3 aliphatic carbocycles. The normalized spacial score (nSPS) is 26.2. The van der Waals surface area contributed by atoms with Gasteiger partial charge in [0.15, 0.2) is 5.82 Å². The molecule has 39 heavy (non-hydrogen) atoms. The first-order valence-electron chi connectivity index (χ1n) is 13.4. The van der Waals surface area contributed by atoms with E-state index in [1.807, 2.05) is 20.0 Å². The molecule has 0 radical (unpaired) electrons. The van der Waals surface area contributed by atoms with E-state index in [2.05, 4.69) is 47.5 Å². The van der Waals surface area contributed by atoms with Crippen molar-refractivity contribution < 1.29 is 13.9 Å². The molecule has 2 bridgehead atoms. The van der Waals surface area contributed by atoms with Crippen molar-refractivity contribution in [2.45, 2.75) is 76.4 Å². The number of carbonyl (C=O) groups is 1. The molecule has 208 valence electrons. The van der Waals surface area contributed by atoms with Gasteiger partial charge in [0.1, 0.15) is 11.5 Å². The molecule has 3 aromatic rings. The van der Waals surface area contributed by atoms with Crippen LogP contribution in [0.5, 0.6) is 5.88 Å². The van der Waals surface area contributed by atoms with Crippen molar-refractivity contribution in [3.63, 3.8) is 0 Å². The number of aryl methyl sites for hydroxylation is 1. The summed E-state index contributed by atoms with van der Waals surface area (Å²) in [6.45, 7) is 12.1. The van der Waals surface area contributed by atoms with Gasteiger partial charge in [0.25, 0.3) is 5.91 Å². The lowest BCUT2D eigenvalue weighted by Crippen LogP contribution is -2.66. The van der Waals surface area contributed by atoms with Crippen LogP contribution in [0.25, 0.3) is 5.82 Å². The molecule has 4 fully saturated rings. The molecule has 0 spiro atoms. The molecular formula is C28H36FN7O2S. The van der Waals surface area contributed by atoms with E-state index in [9.17, 15) is 9.18 Å². The molecule has 0 unspecified atom stereocenters. The summed E-state index contributed by atoms with van der Waals surface area (Å²) in [6.07, 6.45) is 6.30. The summed E-state index contributed by atoms with van der Waals surface area (Å²) in [4.78, 5) is 21.6. The Morgan fingerprint density at radius 3 is 2.51 bits per heavy atom. The molecule has 4 heterocycles. The maximum atomic E-state index is 13.9. The number of rotatable bonds is 8. The van der Waals surface area contributed by atoms with Gasteiger partial charge in [-0.3, -0.25) is 14.2 Å². The maximum Gasteiger partial charge on any atom is 0.265 e. The summed E-state index contributed by atoms with van der Waals surface area (Å²) in [6, 6.07) is 5.42. The Hall–Kier alpha value is -3.08. The van der Waals surface area contributed by atoms with Gasteiger partial charge in [0.05, 0.1) is 29.0 Å². The average molecular weight is 554 g/mol. The molecule has 3 saturated carbocycles. The number of amides is 1. The monoisotopic (exact) mass is 553 g/mol. The minimum absolute atomic E-state index is 0.0144. The van der Waals surface area contributed by atoms with Crippen LogP contribution in [0.1, 0.15) is 69.4 Å². The van der Waals surface area contributed by atoms with Gasteiger partial charge in [0.2, 0.25) is 5.88 Å². The fraction of sp³-hybridized carbons (Fsp3) is 0.571. The largest absolute Gasteiger partial charge is 0.476 e. The topological polar surface area (TPSA) is 90.1 Å². The third-order valence-electron chi connectivity index (χ3n) is 8.43. The summed E-state index contributed by atoms with van der Waals surface area (Å²) in [5, 5.41) is 8.83. The van der Waals surface area contributed by atoms with Crippen LogP contribution in [0.2, 0.25) is 0 Å². The zero-order valence-electron chi connectivity index (χ0n) is 23.4. The van der Waals surface area contributed by atoms with E-state index in [1.165, 1.54) is 11.9 Å². The van der Waals surface area contributed by atoms with Gasteiger partial charge in [-0.1, -0.05) is 13.8 Å². The van der Waals surface area contributed by atoms with Crippen LogP contribution in [-0.4, -0.2) is 54.8 Å². The molecule has 11 heteroatoms. The molecule has 0 atom stereocenters. The molecule has 1 saturated heterocycles. The Morgan fingerprint density at radius 2 is 1.90 bits per heavy atom. The van der Waals surface area contributed by atoms with Gasteiger partial charge in [0, 0.05) is 36.8 Å². The highest BCUT2D eigenvalue weighted by Crippen LogP contribution is 2.69. The first-order valence-corrected chi connectivity index (χ1v) is 14.2. The number of carbonyl (C=O) groups excluding carboxylic acids is 1. The van der Waals surface area contributed by atoms with Gasteiger partial charge in [-0.05, 0) is 76.0 Å². The van der Waals surface area contributed by atoms with E-state index in [4.69, 9.17) is 9.72 Å². The number of nitrogens with one attached hydrogen (secondary N) is 1. The van der Waals surface area contributed by atoms with Gasteiger partial charge < -0.3 is 9.64 Å². The van der Waals surface area contributed by atoms with Crippen molar-refractivity contribution in [3.8, 4) is 11.7 Å². The predicted octanol–water partition coefficient (Wildman–Crippen LogP) is 5.03. The molecule has 9 nitrogen and oxygen atoms in total. The van der Waals surface area contributed by atoms with Crippen molar-refractivity contribution in [3.05, 3.63) is 41.9 Å². The summed E-state index contributed by atoms with van der Waals surface area (Å²) in [5.74, 6) is 1.50. The molecule has 1 N–H and O–H groups in total. The Kier molecular flexibility index (Phi) is 5.84. The number of pyridine rings is 1. The van der Waals surface area contributed by atoms with E-state index >= 15 is 0 Å². The first kappa shape index (κ1) is 26.2. The van der Waals surface area contributed by atoms with E-state index in [1.54, 1.807) is 33.9 Å². The highest BCUT2D eigenvalue weighted by atomic mass is 32.2. The molecule has 4 aliphatic rings. The molecule has 3 aromatic heterocycles. The Balaban J connectivity index is 1.26. The minimum Gasteiger partial charge on any atom is -0.476 e. The van der Waals surface area contributed by atoms with Gasteiger partial charge in [-0.2, -0.15) is 5.10 Å². The second-order valence-corrected chi connectivity index (χ2v) is 13.9. The zero-order valence-corrected chi connectivity index (χ0v) is 24.2. The van der Waals surface area contributed by atoms with E-state index in [0.717, 1.165) is 23.6 Å². The molecule has 0 aromatic carbocycles. The van der Waals surface area contributed by atoms with Crippen LogP contribution in [0.3, 0.4) is 0 Å². The van der Waals surface area contributed by atoms with Gasteiger partial charge in [-0.15, -0.1) is 5.10 Å². The van der Waals surface area contributed by atoms with Gasteiger partial charge in [-0.25, -0.2) is 14.1 Å². The lowest BCUT2D eigenvalue weighted by atomic mass is 9.43. The van der Waals surface area contributed by atoms with Crippen molar-refractivity contribution in [2.24, 2.45) is 17.9 Å². The van der Waals surface area contributed by atoms with E-state index in [-0.39, 0.29) is 22.3 Å². The van der Waals surface area contributed by atoms with Crippen LogP contribution < -0.4 is 14.4 Å². The Labute approximate surface area is 232 Å². The maximum absolute atomic E-state index is 13.9.